The second-order valence-corrected chi connectivity index (χ2v) is 7.32. The van der Waals surface area contributed by atoms with Crippen LogP contribution in [0.15, 0.2) is 54.7 Å². The molecule has 2 aromatic carbocycles. The van der Waals surface area contributed by atoms with E-state index in [4.69, 9.17) is 0 Å². The largest absolute Gasteiger partial charge is 0.347 e. The minimum absolute atomic E-state index is 0.193. The first-order valence-corrected chi connectivity index (χ1v) is 9.76. The lowest BCUT2D eigenvalue weighted by Crippen LogP contribution is -2.29. The summed E-state index contributed by atoms with van der Waals surface area (Å²) in [5.74, 6) is -0.193. The summed E-state index contributed by atoms with van der Waals surface area (Å²) in [6.07, 6.45) is 3.78. The number of aryl methyl sites for hydroxylation is 1. The highest BCUT2D eigenvalue weighted by Gasteiger charge is 2.18. The molecule has 1 saturated heterocycles. The second-order valence-electron chi connectivity index (χ2n) is 7.32. The van der Waals surface area contributed by atoms with E-state index in [2.05, 4.69) is 64.3 Å². The number of aromatic nitrogens is 3. The molecule has 1 aliphatic rings. The Labute approximate surface area is 165 Å². The van der Waals surface area contributed by atoms with Gasteiger partial charge in [0, 0.05) is 6.54 Å². The molecule has 4 rings (SSSR count). The van der Waals surface area contributed by atoms with Crippen molar-refractivity contribution >= 4 is 5.91 Å². The average Bonchev–Trinajstić information content (AvgIpc) is 3.23. The van der Waals surface area contributed by atoms with Gasteiger partial charge in [-0.2, -0.15) is 0 Å². The molecule has 1 amide bonds. The molecule has 6 heteroatoms. The Kier molecular flexibility index (Phi) is 5.48. The van der Waals surface area contributed by atoms with Crippen LogP contribution in [-0.2, 0) is 6.54 Å². The second kappa shape index (κ2) is 8.35. The Morgan fingerprint density at radius 2 is 1.89 bits per heavy atom. The zero-order valence-corrected chi connectivity index (χ0v) is 16.1. The number of benzene rings is 2. The van der Waals surface area contributed by atoms with E-state index in [-0.39, 0.29) is 5.91 Å². The third kappa shape index (κ3) is 4.28. The number of carbonyl (C=O) groups is 1. The van der Waals surface area contributed by atoms with Crippen molar-refractivity contribution in [1.82, 2.24) is 25.6 Å². The number of rotatable bonds is 5. The molecule has 1 fully saturated rings. The van der Waals surface area contributed by atoms with Crippen LogP contribution in [0.5, 0.6) is 0 Å². The maximum absolute atomic E-state index is 12.5. The fourth-order valence-corrected chi connectivity index (χ4v) is 3.59. The quantitative estimate of drug-likeness (QED) is 0.719. The molecule has 28 heavy (non-hydrogen) atoms. The van der Waals surface area contributed by atoms with Crippen molar-refractivity contribution in [3.8, 4) is 11.1 Å². The molecule has 0 unspecified atom stereocenters. The Balaban J connectivity index is 1.40. The molecule has 6 nitrogen and oxygen atoms in total. The van der Waals surface area contributed by atoms with Crippen molar-refractivity contribution < 1.29 is 4.79 Å². The molecular weight excluding hydrogens is 350 g/mol. The van der Waals surface area contributed by atoms with Crippen LogP contribution in [0.2, 0.25) is 0 Å². The van der Waals surface area contributed by atoms with Crippen LogP contribution in [0, 0.1) is 6.92 Å². The number of piperidine rings is 1. The highest BCUT2D eigenvalue weighted by Crippen LogP contribution is 2.21. The lowest BCUT2D eigenvalue weighted by Gasteiger charge is -2.22. The van der Waals surface area contributed by atoms with Crippen molar-refractivity contribution in [3.05, 3.63) is 71.5 Å². The minimum Gasteiger partial charge on any atom is -0.347 e. The molecule has 1 aromatic heterocycles. The fraction of sp³-hybridized carbons (Fsp3) is 0.318. The highest BCUT2D eigenvalue weighted by molar-refractivity contribution is 5.91. The van der Waals surface area contributed by atoms with Crippen LogP contribution < -0.4 is 10.6 Å². The van der Waals surface area contributed by atoms with Gasteiger partial charge in [0.05, 0.1) is 12.2 Å². The maximum Gasteiger partial charge on any atom is 0.273 e. The molecule has 144 valence electrons. The first-order valence-electron chi connectivity index (χ1n) is 9.76. The zero-order valence-electron chi connectivity index (χ0n) is 16.1. The zero-order chi connectivity index (χ0) is 19.3. The number of amides is 1. The van der Waals surface area contributed by atoms with E-state index in [1.54, 1.807) is 6.20 Å². The van der Waals surface area contributed by atoms with Gasteiger partial charge >= 0.3 is 0 Å². The average molecular weight is 375 g/mol. The number of hydrogen-bond donors (Lipinski definition) is 2. The topological polar surface area (TPSA) is 71.8 Å². The maximum atomic E-state index is 12.5. The predicted octanol–water partition coefficient (Wildman–Crippen LogP) is 3.11. The molecule has 3 aromatic rings. The monoisotopic (exact) mass is 375 g/mol. The SMILES string of the molecule is Cc1cccc(-c2cccc(CNC(=O)c3cn(C4CCNCC4)nn3)c2)c1. The molecule has 0 radical (unpaired) electrons. The van der Waals surface area contributed by atoms with Gasteiger partial charge in [-0.05, 0) is 55.6 Å². The lowest BCUT2D eigenvalue weighted by atomic mass is 10.0. The van der Waals surface area contributed by atoms with Gasteiger partial charge in [-0.1, -0.05) is 53.2 Å². The van der Waals surface area contributed by atoms with E-state index in [1.807, 2.05) is 16.8 Å². The predicted molar refractivity (Wildman–Crippen MR) is 109 cm³/mol. The van der Waals surface area contributed by atoms with Gasteiger partial charge in [0.15, 0.2) is 5.69 Å². The molecule has 0 spiro atoms. The molecule has 1 aliphatic heterocycles. The van der Waals surface area contributed by atoms with E-state index in [9.17, 15) is 4.79 Å². The lowest BCUT2D eigenvalue weighted by molar-refractivity contribution is 0.0946. The van der Waals surface area contributed by atoms with Crippen molar-refractivity contribution in [2.75, 3.05) is 13.1 Å². The van der Waals surface area contributed by atoms with Crippen LogP contribution in [0.1, 0.15) is 40.5 Å². The third-order valence-electron chi connectivity index (χ3n) is 5.16. The van der Waals surface area contributed by atoms with Crippen LogP contribution in [0.3, 0.4) is 0 Å². The van der Waals surface area contributed by atoms with Crippen molar-refractivity contribution in [3.63, 3.8) is 0 Å². The molecule has 2 heterocycles. The van der Waals surface area contributed by atoms with Gasteiger partial charge in [-0.15, -0.1) is 5.10 Å². The highest BCUT2D eigenvalue weighted by atomic mass is 16.2. The van der Waals surface area contributed by atoms with Gasteiger partial charge in [0.2, 0.25) is 0 Å². The number of carbonyl (C=O) groups excluding carboxylic acids is 1. The van der Waals surface area contributed by atoms with Gasteiger partial charge < -0.3 is 10.6 Å². The summed E-state index contributed by atoms with van der Waals surface area (Å²) in [5.41, 5.74) is 4.98. The van der Waals surface area contributed by atoms with Crippen LogP contribution in [-0.4, -0.2) is 34.0 Å². The van der Waals surface area contributed by atoms with E-state index >= 15 is 0 Å². The van der Waals surface area contributed by atoms with Crippen molar-refractivity contribution in [1.29, 1.82) is 0 Å². The van der Waals surface area contributed by atoms with E-state index < -0.39 is 0 Å². The molecule has 0 bridgehead atoms. The summed E-state index contributed by atoms with van der Waals surface area (Å²) < 4.78 is 1.83. The van der Waals surface area contributed by atoms with Gasteiger partial charge in [-0.25, -0.2) is 4.68 Å². The van der Waals surface area contributed by atoms with E-state index in [1.165, 1.54) is 11.1 Å². The first-order chi connectivity index (χ1) is 13.7. The Bertz CT molecular complexity index is 959. The summed E-state index contributed by atoms with van der Waals surface area (Å²) in [7, 11) is 0. The van der Waals surface area contributed by atoms with E-state index in [0.717, 1.165) is 37.1 Å². The Morgan fingerprint density at radius 1 is 1.14 bits per heavy atom. The van der Waals surface area contributed by atoms with Crippen molar-refractivity contribution in [2.24, 2.45) is 0 Å². The van der Waals surface area contributed by atoms with Gasteiger partial charge in [0.1, 0.15) is 0 Å². The molecule has 2 N–H and O–H groups in total. The number of nitrogens with one attached hydrogen (secondary N) is 2. The smallest absolute Gasteiger partial charge is 0.273 e. The normalized spacial score (nSPS) is 14.8. The minimum atomic E-state index is -0.193. The molecule has 0 atom stereocenters. The summed E-state index contributed by atoms with van der Waals surface area (Å²) >= 11 is 0. The van der Waals surface area contributed by atoms with Gasteiger partial charge in [0.25, 0.3) is 5.91 Å². The van der Waals surface area contributed by atoms with Crippen LogP contribution in [0.25, 0.3) is 11.1 Å². The van der Waals surface area contributed by atoms with E-state index in [0.29, 0.717) is 18.3 Å². The third-order valence-corrected chi connectivity index (χ3v) is 5.16. The summed E-state index contributed by atoms with van der Waals surface area (Å²) in [4.78, 5) is 12.5. The summed E-state index contributed by atoms with van der Waals surface area (Å²) in [6, 6.07) is 17.0. The number of hydrogen-bond acceptors (Lipinski definition) is 4. The summed E-state index contributed by atoms with van der Waals surface area (Å²) in [5, 5.41) is 14.5. The van der Waals surface area contributed by atoms with Crippen molar-refractivity contribution in [2.45, 2.75) is 32.4 Å². The Hall–Kier alpha value is -2.99. The first kappa shape index (κ1) is 18.4. The molecule has 0 saturated carbocycles. The fourth-order valence-electron chi connectivity index (χ4n) is 3.59. The summed E-state index contributed by atoms with van der Waals surface area (Å²) in [6.45, 7) is 4.50. The Morgan fingerprint density at radius 3 is 2.68 bits per heavy atom. The van der Waals surface area contributed by atoms with Crippen LogP contribution >= 0.6 is 0 Å². The standard InChI is InChI=1S/C22H25N5O/c1-16-4-2-6-18(12-16)19-7-3-5-17(13-19)14-24-22(28)21-15-27(26-25-21)20-8-10-23-11-9-20/h2-7,12-13,15,20,23H,8-11,14H2,1H3,(H,24,28). The van der Waals surface area contributed by atoms with Crippen LogP contribution in [0.4, 0.5) is 0 Å². The van der Waals surface area contributed by atoms with Gasteiger partial charge in [-0.3, -0.25) is 4.79 Å². The molecule has 0 aliphatic carbocycles. The number of nitrogens with zero attached hydrogens (tertiary/aromatic N) is 3. The molecular formula is C22H25N5O.